The monoisotopic (exact) mass is 363 g/mol. The van der Waals surface area contributed by atoms with Gasteiger partial charge in [0.15, 0.2) is 5.65 Å². The SMILES string of the molecule is OC(COc1ccccc1)CN1CCC(c2ccc3cccnc3n2)CC1. The van der Waals surface area contributed by atoms with Gasteiger partial charge in [-0.25, -0.2) is 9.97 Å². The number of β-amino-alcohol motifs (C(OH)–C–C–N with tert-alkyl or cyclic N) is 1. The maximum Gasteiger partial charge on any atom is 0.159 e. The van der Waals surface area contributed by atoms with Gasteiger partial charge >= 0.3 is 0 Å². The second-order valence-electron chi connectivity index (χ2n) is 7.14. The molecule has 0 saturated carbocycles. The van der Waals surface area contributed by atoms with Crippen LogP contribution in [0.3, 0.4) is 0 Å². The number of aromatic nitrogens is 2. The summed E-state index contributed by atoms with van der Waals surface area (Å²) in [4.78, 5) is 11.4. The number of rotatable bonds is 6. The molecule has 1 unspecified atom stereocenters. The van der Waals surface area contributed by atoms with Crippen LogP contribution >= 0.6 is 0 Å². The molecule has 1 N–H and O–H groups in total. The van der Waals surface area contributed by atoms with E-state index >= 15 is 0 Å². The number of ether oxygens (including phenoxy) is 1. The zero-order chi connectivity index (χ0) is 18.5. The lowest BCUT2D eigenvalue weighted by Crippen LogP contribution is -2.40. The first-order chi connectivity index (χ1) is 13.3. The van der Waals surface area contributed by atoms with Crippen LogP contribution in [-0.4, -0.2) is 52.3 Å². The predicted molar refractivity (Wildman–Crippen MR) is 106 cm³/mol. The summed E-state index contributed by atoms with van der Waals surface area (Å²) < 4.78 is 5.65. The molecule has 1 aromatic carbocycles. The van der Waals surface area contributed by atoms with E-state index in [1.54, 1.807) is 6.20 Å². The molecule has 2 aromatic heterocycles. The number of benzene rings is 1. The van der Waals surface area contributed by atoms with Crippen molar-refractivity contribution in [1.29, 1.82) is 0 Å². The van der Waals surface area contributed by atoms with Gasteiger partial charge in [-0.1, -0.05) is 18.2 Å². The van der Waals surface area contributed by atoms with Crippen molar-refractivity contribution in [3.63, 3.8) is 0 Å². The van der Waals surface area contributed by atoms with Crippen molar-refractivity contribution in [2.75, 3.05) is 26.2 Å². The quantitative estimate of drug-likeness (QED) is 0.728. The van der Waals surface area contributed by atoms with E-state index in [4.69, 9.17) is 9.72 Å². The Labute approximate surface area is 159 Å². The van der Waals surface area contributed by atoms with Crippen LogP contribution < -0.4 is 4.74 Å². The van der Waals surface area contributed by atoms with E-state index in [-0.39, 0.29) is 0 Å². The fraction of sp³-hybridized carbons (Fsp3) is 0.364. The Bertz CT molecular complexity index is 864. The molecule has 1 fully saturated rings. The van der Waals surface area contributed by atoms with Crippen molar-refractivity contribution in [2.24, 2.45) is 0 Å². The van der Waals surface area contributed by atoms with Gasteiger partial charge in [0.05, 0.1) is 0 Å². The van der Waals surface area contributed by atoms with Crippen molar-refractivity contribution < 1.29 is 9.84 Å². The largest absolute Gasteiger partial charge is 0.491 e. The third-order valence-corrected chi connectivity index (χ3v) is 5.15. The number of pyridine rings is 2. The van der Waals surface area contributed by atoms with Crippen molar-refractivity contribution in [1.82, 2.24) is 14.9 Å². The second-order valence-corrected chi connectivity index (χ2v) is 7.14. The molecular formula is C22H25N3O2. The van der Waals surface area contributed by atoms with E-state index in [0.29, 0.717) is 19.1 Å². The lowest BCUT2D eigenvalue weighted by Gasteiger charge is -2.32. The fourth-order valence-electron chi connectivity index (χ4n) is 3.67. The highest BCUT2D eigenvalue weighted by Crippen LogP contribution is 2.27. The standard InChI is InChI=1S/C22H25N3O2/c26-19(16-27-20-6-2-1-3-7-20)15-25-13-10-17(11-14-25)21-9-8-18-5-4-12-23-22(18)24-21/h1-9,12,17,19,26H,10-11,13-16H2. The third kappa shape index (κ3) is 4.62. The number of para-hydroxylation sites is 1. The molecule has 4 rings (SSSR count). The molecule has 0 radical (unpaired) electrons. The number of nitrogens with zero attached hydrogens (tertiary/aromatic N) is 3. The smallest absolute Gasteiger partial charge is 0.159 e. The van der Waals surface area contributed by atoms with Crippen LogP contribution in [0, 0.1) is 0 Å². The van der Waals surface area contributed by atoms with Crippen LogP contribution in [0.1, 0.15) is 24.5 Å². The number of piperidine rings is 1. The van der Waals surface area contributed by atoms with Gasteiger partial charge in [0, 0.05) is 29.7 Å². The van der Waals surface area contributed by atoms with E-state index < -0.39 is 6.10 Å². The van der Waals surface area contributed by atoms with Crippen LogP contribution in [0.25, 0.3) is 11.0 Å². The normalized spacial score (nSPS) is 17.1. The Morgan fingerprint density at radius 3 is 2.67 bits per heavy atom. The first kappa shape index (κ1) is 17.9. The van der Waals surface area contributed by atoms with E-state index in [0.717, 1.165) is 48.4 Å². The van der Waals surface area contributed by atoms with Crippen molar-refractivity contribution in [3.05, 3.63) is 66.5 Å². The van der Waals surface area contributed by atoms with Gasteiger partial charge < -0.3 is 14.7 Å². The molecule has 1 aliphatic rings. The Morgan fingerprint density at radius 1 is 1.04 bits per heavy atom. The second kappa shape index (κ2) is 8.46. The van der Waals surface area contributed by atoms with Crippen molar-refractivity contribution in [3.8, 4) is 5.75 Å². The average molecular weight is 363 g/mol. The molecule has 1 saturated heterocycles. The van der Waals surface area contributed by atoms with E-state index in [2.05, 4.69) is 22.0 Å². The predicted octanol–water partition coefficient (Wildman–Crippen LogP) is 3.25. The van der Waals surface area contributed by atoms with Crippen LogP contribution in [0.4, 0.5) is 0 Å². The molecule has 5 nitrogen and oxygen atoms in total. The molecule has 140 valence electrons. The minimum absolute atomic E-state index is 0.321. The number of hydrogen-bond donors (Lipinski definition) is 1. The van der Waals surface area contributed by atoms with Crippen LogP contribution in [0.5, 0.6) is 5.75 Å². The minimum Gasteiger partial charge on any atom is -0.491 e. The summed E-state index contributed by atoms with van der Waals surface area (Å²) in [6.07, 6.45) is 3.42. The molecule has 0 bridgehead atoms. The Hall–Kier alpha value is -2.50. The zero-order valence-electron chi connectivity index (χ0n) is 15.4. The maximum absolute atomic E-state index is 10.3. The molecule has 0 amide bonds. The Balaban J connectivity index is 1.26. The Morgan fingerprint density at radius 2 is 1.85 bits per heavy atom. The van der Waals surface area contributed by atoms with Gasteiger partial charge in [-0.05, 0) is 62.3 Å². The summed E-state index contributed by atoms with van der Waals surface area (Å²) in [6, 6.07) is 17.9. The number of hydrogen-bond acceptors (Lipinski definition) is 5. The van der Waals surface area contributed by atoms with E-state index in [1.807, 2.05) is 42.5 Å². The van der Waals surface area contributed by atoms with Gasteiger partial charge in [0.25, 0.3) is 0 Å². The lowest BCUT2D eigenvalue weighted by atomic mass is 9.92. The number of aliphatic hydroxyl groups is 1. The highest BCUT2D eigenvalue weighted by molar-refractivity contribution is 5.74. The summed E-state index contributed by atoms with van der Waals surface area (Å²) in [5.74, 6) is 1.26. The highest BCUT2D eigenvalue weighted by Gasteiger charge is 2.23. The van der Waals surface area contributed by atoms with Crippen LogP contribution in [-0.2, 0) is 0 Å². The average Bonchev–Trinajstić information content (AvgIpc) is 2.73. The van der Waals surface area contributed by atoms with Crippen LogP contribution in [0.15, 0.2) is 60.8 Å². The molecule has 0 spiro atoms. The fourth-order valence-corrected chi connectivity index (χ4v) is 3.67. The summed E-state index contributed by atoms with van der Waals surface area (Å²) in [7, 11) is 0. The molecule has 1 aliphatic heterocycles. The lowest BCUT2D eigenvalue weighted by molar-refractivity contribution is 0.0593. The molecule has 0 aliphatic carbocycles. The molecular weight excluding hydrogens is 338 g/mol. The molecule has 5 heteroatoms. The summed E-state index contributed by atoms with van der Waals surface area (Å²) in [5.41, 5.74) is 1.96. The van der Waals surface area contributed by atoms with Gasteiger partial charge in [-0.2, -0.15) is 0 Å². The van der Waals surface area contributed by atoms with Gasteiger partial charge in [0.1, 0.15) is 18.5 Å². The van der Waals surface area contributed by atoms with Crippen molar-refractivity contribution >= 4 is 11.0 Å². The minimum atomic E-state index is -0.482. The molecule has 3 heterocycles. The molecule has 27 heavy (non-hydrogen) atoms. The molecule has 1 atom stereocenters. The van der Waals surface area contributed by atoms with E-state index in [9.17, 15) is 5.11 Å². The third-order valence-electron chi connectivity index (χ3n) is 5.15. The summed E-state index contributed by atoms with van der Waals surface area (Å²) >= 11 is 0. The topological polar surface area (TPSA) is 58.5 Å². The van der Waals surface area contributed by atoms with Gasteiger partial charge in [-0.3, -0.25) is 0 Å². The molecule has 3 aromatic rings. The zero-order valence-corrected chi connectivity index (χ0v) is 15.4. The number of aliphatic hydroxyl groups excluding tert-OH is 1. The number of likely N-dealkylation sites (tertiary alicyclic amines) is 1. The van der Waals surface area contributed by atoms with Gasteiger partial charge in [-0.15, -0.1) is 0 Å². The Kier molecular flexibility index (Phi) is 5.61. The number of fused-ring (bicyclic) bond motifs is 1. The highest BCUT2D eigenvalue weighted by atomic mass is 16.5. The van der Waals surface area contributed by atoms with Crippen LogP contribution in [0.2, 0.25) is 0 Å². The summed E-state index contributed by atoms with van der Waals surface area (Å²) in [6.45, 7) is 2.90. The maximum atomic E-state index is 10.3. The van der Waals surface area contributed by atoms with E-state index in [1.165, 1.54) is 0 Å². The van der Waals surface area contributed by atoms with Crippen molar-refractivity contribution in [2.45, 2.75) is 24.9 Å². The first-order valence-electron chi connectivity index (χ1n) is 9.58. The summed E-state index contributed by atoms with van der Waals surface area (Å²) in [5, 5.41) is 11.4. The first-order valence-corrected chi connectivity index (χ1v) is 9.58. The van der Waals surface area contributed by atoms with Gasteiger partial charge in [0.2, 0.25) is 0 Å².